The van der Waals surface area contributed by atoms with Crippen LogP contribution in [0.2, 0.25) is 0 Å². The molecule has 0 aliphatic carbocycles. The molecule has 2 unspecified atom stereocenters. The Morgan fingerprint density at radius 2 is 1.16 bits per heavy atom. The van der Waals surface area contributed by atoms with Crippen LogP contribution in [0.1, 0.15) is 110 Å². The van der Waals surface area contributed by atoms with Gasteiger partial charge in [-0.05, 0) is 25.7 Å². The smallest absolute Gasteiger partial charge is 0.748 e. The van der Waals surface area contributed by atoms with E-state index in [0.29, 0.717) is 12.8 Å². The molecule has 0 aromatic heterocycles. The molecule has 0 spiro atoms. The predicted molar refractivity (Wildman–Crippen MR) is 100 cm³/mol. The molecule has 0 aliphatic heterocycles. The second-order valence-corrected chi connectivity index (χ2v) is 8.73. The van der Waals surface area contributed by atoms with Gasteiger partial charge in [-0.1, -0.05) is 84.5 Å². The van der Waals surface area contributed by atoms with E-state index >= 15 is 0 Å². The Hall–Kier alpha value is 0.870. The molecule has 4 nitrogen and oxygen atoms in total. The van der Waals surface area contributed by atoms with Crippen LogP contribution in [0.25, 0.3) is 0 Å². The van der Waals surface area contributed by atoms with Crippen molar-refractivity contribution in [3.05, 3.63) is 0 Å². The predicted octanol–water partition coefficient (Wildman–Crippen LogP) is 2.16. The number of aliphatic hydroxyl groups is 1. The van der Waals surface area contributed by atoms with Gasteiger partial charge in [-0.15, -0.1) is 0 Å². The van der Waals surface area contributed by atoms with E-state index in [1.807, 2.05) is 6.92 Å². The van der Waals surface area contributed by atoms with Crippen LogP contribution in [0.5, 0.6) is 0 Å². The summed E-state index contributed by atoms with van der Waals surface area (Å²) >= 11 is 0. The number of rotatable bonds is 17. The van der Waals surface area contributed by atoms with Crippen molar-refractivity contribution in [1.29, 1.82) is 0 Å². The van der Waals surface area contributed by atoms with Crippen LogP contribution >= 0.6 is 0 Å². The molecule has 0 bridgehead atoms. The number of hydrogen-bond donors (Lipinski definition) is 1. The fourth-order valence-corrected chi connectivity index (χ4v) is 3.98. The molecule has 146 valence electrons. The summed E-state index contributed by atoms with van der Waals surface area (Å²) in [7, 11) is -4.13. The third-order valence-corrected chi connectivity index (χ3v) is 6.11. The molecule has 0 amide bonds. The summed E-state index contributed by atoms with van der Waals surface area (Å²) in [4.78, 5) is 0. The van der Waals surface area contributed by atoms with Gasteiger partial charge in [-0.25, -0.2) is 8.42 Å². The standard InChI is InChI=1S/C19H40O4S.Na/c1-3-5-12-16-19(24(21,22)23)17-14-11-9-7-6-8-10-13-15-18(20)4-2;/h18-20H,3-17H2,1-2H3,(H,21,22,23);/q;+1/p-1. The maximum absolute atomic E-state index is 11.3. The average molecular weight is 387 g/mol. The van der Waals surface area contributed by atoms with Crippen molar-refractivity contribution >= 4 is 10.1 Å². The average Bonchev–Trinajstić information content (AvgIpc) is 2.53. The van der Waals surface area contributed by atoms with E-state index in [4.69, 9.17) is 0 Å². The first-order chi connectivity index (χ1) is 11.4. The summed E-state index contributed by atoms with van der Waals surface area (Å²) in [5, 5.41) is 8.79. The van der Waals surface area contributed by atoms with Gasteiger partial charge in [0.25, 0.3) is 0 Å². The molecule has 0 saturated carbocycles. The molecule has 0 saturated heterocycles. The first-order valence-electron chi connectivity index (χ1n) is 10.0. The van der Waals surface area contributed by atoms with Crippen LogP contribution in [0, 0.1) is 0 Å². The Kier molecular flexibility index (Phi) is 20.5. The zero-order valence-corrected chi connectivity index (χ0v) is 19.7. The first kappa shape index (κ1) is 28.1. The van der Waals surface area contributed by atoms with Crippen molar-refractivity contribution in [2.75, 3.05) is 0 Å². The van der Waals surface area contributed by atoms with Crippen molar-refractivity contribution in [3.63, 3.8) is 0 Å². The maximum atomic E-state index is 11.3. The first-order valence-corrected chi connectivity index (χ1v) is 11.5. The van der Waals surface area contributed by atoms with Crippen LogP contribution in [0.4, 0.5) is 0 Å². The van der Waals surface area contributed by atoms with Crippen molar-refractivity contribution < 1.29 is 47.6 Å². The summed E-state index contributed by atoms with van der Waals surface area (Å²) in [5.74, 6) is 0. The van der Waals surface area contributed by atoms with E-state index in [1.165, 1.54) is 25.7 Å². The summed E-state index contributed by atoms with van der Waals surface area (Å²) in [5.41, 5.74) is 0. The van der Waals surface area contributed by atoms with Gasteiger partial charge in [0.05, 0.1) is 16.2 Å². The van der Waals surface area contributed by atoms with Gasteiger partial charge >= 0.3 is 29.6 Å². The van der Waals surface area contributed by atoms with Crippen LogP contribution in [0.15, 0.2) is 0 Å². The normalized spacial score (nSPS) is 14.1. The Morgan fingerprint density at radius 1 is 0.760 bits per heavy atom. The van der Waals surface area contributed by atoms with Gasteiger partial charge in [-0.2, -0.15) is 0 Å². The molecule has 0 radical (unpaired) electrons. The Balaban J connectivity index is 0. The molecular weight excluding hydrogens is 347 g/mol. The molecule has 0 aromatic rings. The van der Waals surface area contributed by atoms with E-state index in [2.05, 4.69) is 6.92 Å². The number of aliphatic hydroxyl groups excluding tert-OH is 1. The molecule has 1 N–H and O–H groups in total. The molecule has 6 heteroatoms. The van der Waals surface area contributed by atoms with E-state index < -0.39 is 15.4 Å². The Morgan fingerprint density at radius 3 is 1.56 bits per heavy atom. The second-order valence-electron chi connectivity index (χ2n) is 7.08. The van der Waals surface area contributed by atoms with E-state index in [0.717, 1.165) is 57.8 Å². The monoisotopic (exact) mass is 386 g/mol. The van der Waals surface area contributed by atoms with Gasteiger partial charge in [0.1, 0.15) is 0 Å². The minimum atomic E-state index is -4.13. The van der Waals surface area contributed by atoms with Crippen LogP contribution in [-0.2, 0) is 10.1 Å². The van der Waals surface area contributed by atoms with Crippen LogP contribution in [-0.4, -0.2) is 29.4 Å². The maximum Gasteiger partial charge on any atom is 1.00 e. The minimum absolute atomic E-state index is 0. The quantitative estimate of drug-likeness (QED) is 0.236. The van der Waals surface area contributed by atoms with Gasteiger partial charge in [0.15, 0.2) is 0 Å². The fraction of sp³-hybridized carbons (Fsp3) is 1.00. The van der Waals surface area contributed by atoms with Crippen molar-refractivity contribution in [3.8, 4) is 0 Å². The molecule has 0 rings (SSSR count). The van der Waals surface area contributed by atoms with Gasteiger partial charge in [-0.3, -0.25) is 0 Å². The zero-order chi connectivity index (χ0) is 18.3. The summed E-state index contributed by atoms with van der Waals surface area (Å²) < 4.78 is 33.9. The summed E-state index contributed by atoms with van der Waals surface area (Å²) in [6, 6.07) is 0. The SMILES string of the molecule is CCCCCC(CCCCCCCCCCC(O)CC)S(=O)(=O)[O-].[Na+]. The Labute approximate surface area is 178 Å². The minimum Gasteiger partial charge on any atom is -0.748 e. The Bertz CT molecular complexity index is 374. The summed E-state index contributed by atoms with van der Waals surface area (Å²) in [6.45, 7) is 4.09. The number of unbranched alkanes of at least 4 members (excludes halogenated alkanes) is 9. The topological polar surface area (TPSA) is 77.4 Å². The molecule has 25 heavy (non-hydrogen) atoms. The van der Waals surface area contributed by atoms with E-state index in [-0.39, 0.29) is 35.7 Å². The molecule has 2 atom stereocenters. The van der Waals surface area contributed by atoms with Crippen LogP contribution in [0.3, 0.4) is 0 Å². The molecule has 0 aromatic carbocycles. The number of hydrogen-bond acceptors (Lipinski definition) is 4. The molecule has 0 fully saturated rings. The van der Waals surface area contributed by atoms with Crippen molar-refractivity contribution in [1.82, 2.24) is 0 Å². The third kappa shape index (κ3) is 18.0. The molecule has 0 heterocycles. The fourth-order valence-electron chi connectivity index (χ4n) is 3.07. The molecular formula is C19H39NaO4S. The third-order valence-electron chi connectivity index (χ3n) is 4.82. The van der Waals surface area contributed by atoms with Gasteiger partial charge in [0, 0.05) is 5.25 Å². The van der Waals surface area contributed by atoms with Crippen molar-refractivity contribution in [2.24, 2.45) is 0 Å². The van der Waals surface area contributed by atoms with Gasteiger partial charge in [0.2, 0.25) is 0 Å². The van der Waals surface area contributed by atoms with E-state index in [9.17, 15) is 18.1 Å². The summed E-state index contributed by atoms with van der Waals surface area (Å²) in [6.07, 6.45) is 14.5. The second kappa shape index (κ2) is 18.2. The van der Waals surface area contributed by atoms with Crippen molar-refractivity contribution in [2.45, 2.75) is 122 Å². The van der Waals surface area contributed by atoms with Gasteiger partial charge < -0.3 is 9.66 Å². The largest absolute Gasteiger partial charge is 1.00 e. The zero-order valence-electron chi connectivity index (χ0n) is 16.8. The van der Waals surface area contributed by atoms with Crippen LogP contribution < -0.4 is 29.6 Å². The van der Waals surface area contributed by atoms with E-state index in [1.54, 1.807) is 0 Å². The molecule has 0 aliphatic rings.